The van der Waals surface area contributed by atoms with E-state index in [1.807, 2.05) is 6.92 Å². The van der Waals surface area contributed by atoms with Crippen LogP contribution in [0.25, 0.3) is 0 Å². The molecule has 0 aliphatic carbocycles. The van der Waals surface area contributed by atoms with E-state index in [0.717, 1.165) is 0 Å². The van der Waals surface area contributed by atoms with Crippen molar-refractivity contribution in [2.45, 2.75) is 143 Å². The van der Waals surface area contributed by atoms with Crippen molar-refractivity contribution >= 4 is 32.8 Å². The Morgan fingerprint density at radius 2 is 1.37 bits per heavy atom. The molecule has 2 rings (SSSR count). The van der Waals surface area contributed by atoms with Crippen molar-refractivity contribution in [3.8, 4) is 0 Å². The summed E-state index contributed by atoms with van der Waals surface area (Å²) in [5, 5.41) is 13.0. The van der Waals surface area contributed by atoms with E-state index in [0.29, 0.717) is 32.3 Å². The molecule has 7 nitrogen and oxygen atoms in total. The van der Waals surface area contributed by atoms with Crippen LogP contribution >= 0.6 is 0 Å². The van der Waals surface area contributed by atoms with Crippen LogP contribution in [0, 0.1) is 23.7 Å². The van der Waals surface area contributed by atoms with Crippen LogP contribution in [0.4, 0.5) is 0 Å². The average Bonchev–Trinajstić information content (AvgIpc) is 3.12. The first-order valence-corrected chi connectivity index (χ1v) is 24.9. The summed E-state index contributed by atoms with van der Waals surface area (Å²) in [5.41, 5.74) is 0. The summed E-state index contributed by atoms with van der Waals surface area (Å²) in [7, 11) is -1.75. The summed E-state index contributed by atoms with van der Waals surface area (Å²) in [6.07, 6.45) is 2.54. The highest BCUT2D eigenvalue weighted by Gasteiger charge is 2.51. The summed E-state index contributed by atoms with van der Waals surface area (Å²) in [5.74, 6) is -0.229. The molecule has 306 valence electrons. The number of carbonyl (C=O) groups is 1. The van der Waals surface area contributed by atoms with Gasteiger partial charge in [0.15, 0.2) is 8.32 Å². The summed E-state index contributed by atoms with van der Waals surface area (Å²) in [6.45, 7) is 30.9. The zero-order valence-corrected chi connectivity index (χ0v) is 38.3. The number of aliphatic hydroxyl groups excluding tert-OH is 1. The lowest BCUT2D eigenvalue weighted by atomic mass is 9.85. The van der Waals surface area contributed by atoms with Gasteiger partial charge in [0, 0.05) is 51.4 Å². The number of ether oxygens (including phenoxy) is 3. The van der Waals surface area contributed by atoms with Gasteiger partial charge in [-0.2, -0.15) is 0 Å². The van der Waals surface area contributed by atoms with E-state index in [1.165, 1.54) is 10.4 Å². The molecule has 0 saturated carbocycles. The molecular formula is C45H76O7Si2. The molecule has 0 fully saturated rings. The molecule has 0 saturated heterocycles. The van der Waals surface area contributed by atoms with Gasteiger partial charge in [-0.1, -0.05) is 136 Å². The molecule has 0 bridgehead atoms. The fourth-order valence-corrected chi connectivity index (χ4v) is 13.5. The second kappa shape index (κ2) is 21.5. The van der Waals surface area contributed by atoms with Gasteiger partial charge in [0.25, 0.3) is 8.32 Å². The number of Topliss-reactive ketones (excluding diaryl/α,β-unsaturated/α-hetero) is 1. The SMILES string of the molecule is C=CC[C@H](O)[C@@H](C)[C@H](C[C@H](OC)[C@@H](C)CCC(=O)[C@H](C)[C@H](O[Si](C)(C)C(C)(C)C)[C@H](C)CO[Si](c1ccccc1)(c1ccccc1)C(C)(C)C)OCOC. The Labute approximate surface area is 331 Å². The Balaban J connectivity index is 2.38. The average molecular weight is 785 g/mol. The fourth-order valence-electron chi connectivity index (χ4n) is 7.32. The molecule has 8 atom stereocenters. The van der Waals surface area contributed by atoms with E-state index in [-0.39, 0.29) is 64.6 Å². The van der Waals surface area contributed by atoms with Crippen molar-refractivity contribution < 1.29 is 33.0 Å². The predicted molar refractivity (Wildman–Crippen MR) is 230 cm³/mol. The van der Waals surface area contributed by atoms with Crippen LogP contribution in [0.15, 0.2) is 73.3 Å². The van der Waals surface area contributed by atoms with Crippen molar-refractivity contribution in [3.05, 3.63) is 73.3 Å². The minimum absolute atomic E-state index is 0.0232. The van der Waals surface area contributed by atoms with E-state index in [9.17, 15) is 9.90 Å². The smallest absolute Gasteiger partial charge is 0.261 e. The van der Waals surface area contributed by atoms with Crippen LogP contribution in [0.1, 0.15) is 94.9 Å². The first-order chi connectivity index (χ1) is 25.2. The van der Waals surface area contributed by atoms with Gasteiger partial charge < -0.3 is 28.2 Å². The number of ketones is 1. The number of hydrogen-bond donors (Lipinski definition) is 1. The van der Waals surface area contributed by atoms with Crippen LogP contribution in [0.5, 0.6) is 0 Å². The molecule has 2 aromatic rings. The van der Waals surface area contributed by atoms with Gasteiger partial charge in [0.1, 0.15) is 12.6 Å². The number of aliphatic hydroxyl groups is 1. The van der Waals surface area contributed by atoms with Crippen molar-refractivity contribution in [2.75, 3.05) is 27.6 Å². The number of carbonyl (C=O) groups excluding carboxylic acids is 1. The van der Waals surface area contributed by atoms with E-state index in [1.54, 1.807) is 20.3 Å². The third-order valence-corrected chi connectivity index (χ3v) is 21.5. The Morgan fingerprint density at radius 1 is 0.833 bits per heavy atom. The summed E-state index contributed by atoms with van der Waals surface area (Å²) in [4.78, 5) is 14.3. The van der Waals surface area contributed by atoms with Crippen molar-refractivity contribution in [2.24, 2.45) is 23.7 Å². The van der Waals surface area contributed by atoms with Gasteiger partial charge in [-0.05, 0) is 52.3 Å². The van der Waals surface area contributed by atoms with Crippen LogP contribution in [-0.4, -0.2) is 79.6 Å². The third kappa shape index (κ3) is 12.8. The first-order valence-electron chi connectivity index (χ1n) is 20.1. The van der Waals surface area contributed by atoms with E-state index in [4.69, 9.17) is 23.1 Å². The molecule has 0 aliphatic heterocycles. The lowest BCUT2D eigenvalue weighted by Gasteiger charge is -2.45. The lowest BCUT2D eigenvalue weighted by Crippen LogP contribution is -2.67. The fraction of sp³-hybridized carbons (Fsp3) is 0.667. The molecule has 0 unspecified atom stereocenters. The highest BCUT2D eigenvalue weighted by atomic mass is 28.4. The Morgan fingerprint density at radius 3 is 1.81 bits per heavy atom. The molecule has 0 spiro atoms. The van der Waals surface area contributed by atoms with Crippen molar-refractivity contribution in [1.82, 2.24) is 0 Å². The zero-order chi connectivity index (χ0) is 40.9. The van der Waals surface area contributed by atoms with Crippen molar-refractivity contribution in [3.63, 3.8) is 0 Å². The second-order valence-electron chi connectivity index (χ2n) is 18.1. The molecule has 0 aromatic heterocycles. The van der Waals surface area contributed by atoms with Gasteiger partial charge in [-0.15, -0.1) is 6.58 Å². The summed E-state index contributed by atoms with van der Waals surface area (Å²) < 4.78 is 31.9. The van der Waals surface area contributed by atoms with E-state index in [2.05, 4.69) is 143 Å². The van der Waals surface area contributed by atoms with Crippen LogP contribution in [-0.2, 0) is 27.9 Å². The van der Waals surface area contributed by atoms with E-state index >= 15 is 0 Å². The first kappa shape index (κ1) is 48.2. The normalized spacial score (nSPS) is 17.5. The number of rotatable bonds is 24. The molecular weight excluding hydrogens is 709 g/mol. The number of benzene rings is 2. The second-order valence-corrected chi connectivity index (χ2v) is 27.2. The van der Waals surface area contributed by atoms with Gasteiger partial charge >= 0.3 is 0 Å². The maximum atomic E-state index is 14.3. The number of hydrogen-bond acceptors (Lipinski definition) is 7. The third-order valence-electron chi connectivity index (χ3n) is 12.0. The quantitative estimate of drug-likeness (QED) is 0.0646. The Hall–Kier alpha value is -1.96. The van der Waals surface area contributed by atoms with Gasteiger partial charge in [0.05, 0.1) is 24.4 Å². The topological polar surface area (TPSA) is 83.5 Å². The van der Waals surface area contributed by atoms with Gasteiger partial charge in [0.2, 0.25) is 0 Å². The molecule has 0 aliphatic rings. The maximum absolute atomic E-state index is 14.3. The molecule has 2 aromatic carbocycles. The molecule has 1 N–H and O–H groups in total. The highest BCUT2D eigenvalue weighted by Crippen LogP contribution is 2.41. The minimum Gasteiger partial charge on any atom is -0.413 e. The van der Waals surface area contributed by atoms with Crippen LogP contribution in [0.3, 0.4) is 0 Å². The molecule has 9 heteroatoms. The molecule has 0 radical (unpaired) electrons. The molecule has 0 heterocycles. The van der Waals surface area contributed by atoms with Gasteiger partial charge in [-0.3, -0.25) is 4.79 Å². The zero-order valence-electron chi connectivity index (χ0n) is 36.3. The van der Waals surface area contributed by atoms with Gasteiger partial charge in [-0.25, -0.2) is 0 Å². The monoisotopic (exact) mass is 785 g/mol. The number of methoxy groups -OCH3 is 2. The molecule has 54 heavy (non-hydrogen) atoms. The Bertz CT molecular complexity index is 1330. The predicted octanol–water partition coefficient (Wildman–Crippen LogP) is 9.18. The van der Waals surface area contributed by atoms with Crippen molar-refractivity contribution in [1.29, 1.82) is 0 Å². The van der Waals surface area contributed by atoms with Crippen LogP contribution in [0.2, 0.25) is 23.2 Å². The maximum Gasteiger partial charge on any atom is 0.261 e. The Kier molecular flexibility index (Phi) is 19.2. The summed E-state index contributed by atoms with van der Waals surface area (Å²) >= 11 is 0. The summed E-state index contributed by atoms with van der Waals surface area (Å²) in [6, 6.07) is 21.4. The lowest BCUT2D eigenvalue weighted by molar-refractivity contribution is -0.128. The highest BCUT2D eigenvalue weighted by molar-refractivity contribution is 6.99. The van der Waals surface area contributed by atoms with E-state index < -0.39 is 22.7 Å². The largest absolute Gasteiger partial charge is 0.413 e. The minimum atomic E-state index is -2.79. The molecule has 0 amide bonds. The standard InChI is InChI=1S/C45H76O7Si2/c1-16-23-39(46)35(4)42(50-32-48-12)30-41(49-13)33(2)28-29-40(47)36(5)43(52-53(14,15)44(6,7)8)34(3)31-51-54(45(9,10)11,37-24-19-17-20-25-37)38-26-21-18-22-27-38/h16-22,24-27,33-36,39,41-43,46H,1,23,28-32H2,2-15H3/t33-,34+,35+,36-,39-,41-,42-,43+/m0/s1. The van der Waals surface area contributed by atoms with Crippen LogP contribution < -0.4 is 10.4 Å².